The summed E-state index contributed by atoms with van der Waals surface area (Å²) in [5.41, 5.74) is 3.98. The first-order chi connectivity index (χ1) is 51.5. The highest BCUT2D eigenvalue weighted by molar-refractivity contribution is 6.36. The van der Waals surface area contributed by atoms with Crippen molar-refractivity contribution in [3.8, 4) is 0 Å². The van der Waals surface area contributed by atoms with Crippen molar-refractivity contribution in [1.29, 1.82) is 0 Å². The number of carbonyl (C=O) groups is 4. The van der Waals surface area contributed by atoms with Crippen LogP contribution in [0, 0.1) is 23.7 Å². The number of hydrogen-bond acceptors (Lipinski definition) is 10. The van der Waals surface area contributed by atoms with Gasteiger partial charge in [-0.05, 0) is 169 Å². The number of nitrogens with one attached hydrogen (secondary N) is 1. The predicted molar refractivity (Wildman–Crippen MR) is 405 cm³/mol. The third kappa shape index (κ3) is 19.7. The monoisotopic (exact) mass is 1600 g/mol. The van der Waals surface area contributed by atoms with E-state index in [1.165, 1.54) is 20.8 Å². The van der Waals surface area contributed by atoms with Gasteiger partial charge in [0, 0.05) is 186 Å². The van der Waals surface area contributed by atoms with Crippen LogP contribution in [-0.4, -0.2) is 143 Å². The lowest BCUT2D eigenvalue weighted by atomic mass is 9.74. The van der Waals surface area contributed by atoms with Crippen LogP contribution in [-0.2, 0) is 20.6 Å². The number of hydrogen-bond donors (Lipinski definition) is 4. The van der Waals surface area contributed by atoms with Gasteiger partial charge >= 0.3 is 0 Å². The third-order valence-electron chi connectivity index (χ3n) is 23.5. The van der Waals surface area contributed by atoms with E-state index in [0.717, 1.165) is 36.3 Å². The van der Waals surface area contributed by atoms with Crippen molar-refractivity contribution in [1.82, 2.24) is 22.9 Å². The number of fused-ring (bicyclic) bond motifs is 4. The van der Waals surface area contributed by atoms with Crippen LogP contribution in [0.4, 0.5) is 35.1 Å². The van der Waals surface area contributed by atoms with Gasteiger partial charge in [0.25, 0.3) is 23.7 Å². The summed E-state index contributed by atoms with van der Waals surface area (Å²) in [5.74, 6) is -13.5. The number of aliphatic hydroxyl groups is 3. The molecule has 8 aromatic heterocycles. The molecule has 0 aromatic carbocycles. The molecular weight excluding hydrogens is 1510 g/mol. The van der Waals surface area contributed by atoms with Crippen LogP contribution in [0.5, 0.6) is 0 Å². The number of amides is 1. The molecule has 1 amide bonds. The van der Waals surface area contributed by atoms with E-state index in [2.05, 4.69) is 5.32 Å². The van der Waals surface area contributed by atoms with E-state index in [1.807, 2.05) is 74.4 Å². The standard InChI is InChI=1S/C23H28ClF2NO3.C22H26ClF2NO3.C21H26ClF2NO3.C16H17ClF2N2O/c1-15-14-22(29,8-9-23(15,25)26)7-4-20(28)17-13-19(16-5-11-30-12-6-16)27-10-2-3-18(24)21(17)27;1-14-12-21(28,7-8-22(14,24)25)6-4-19(27)16-11-18(15-5-10-29-13-15)26-9-2-3-17(23)20(16)26;1-14-13-20(27,8-9-21(14,23)24)7-5-18(26)16-12-15(6-11-28-2)25-10-3-4-17(22)19(16)25;17-13-2-1-8-21-9-5-12(14(13)21)15(22)20-10-11-3-6-16(18,19)7-4-11/h2-3,10,13,15-16,29H,4-9,11-12,14H2,1H3;2-3,9,11,14-15,28H,4-8,10,12-13H2,1H3;3-4,10,12,14,27H,5-9,11,13H2,1-2H3;1-2,5,8-9,11H,3-4,6-7,10H2,(H,20,22). The fourth-order valence-corrected chi connectivity index (χ4v) is 17.7. The normalized spacial score (nSPS) is 25.4. The second-order valence-electron chi connectivity index (χ2n) is 31.3. The maximum absolute atomic E-state index is 13.8. The first kappa shape index (κ1) is 83.8. The largest absolute Gasteiger partial charge is 0.390 e. The minimum atomic E-state index is -2.75. The summed E-state index contributed by atoms with van der Waals surface area (Å²) in [7, 11) is 1.62. The zero-order valence-corrected chi connectivity index (χ0v) is 64.8. The summed E-state index contributed by atoms with van der Waals surface area (Å²) in [5, 5.41) is 37.1. The third-order valence-corrected chi connectivity index (χ3v) is 24.7. The molecule has 6 aliphatic rings. The van der Waals surface area contributed by atoms with E-state index in [4.69, 9.17) is 60.6 Å². The summed E-state index contributed by atoms with van der Waals surface area (Å²) in [6.07, 6.45) is 13.1. The number of pyridine rings is 4. The summed E-state index contributed by atoms with van der Waals surface area (Å²) >= 11 is 25.4. The van der Waals surface area contributed by atoms with Gasteiger partial charge in [0.2, 0.25) is 5.92 Å². The highest BCUT2D eigenvalue weighted by atomic mass is 35.5. The van der Waals surface area contributed by atoms with Gasteiger partial charge in [0.15, 0.2) is 17.3 Å². The number of aromatic nitrogens is 4. The minimum Gasteiger partial charge on any atom is -0.390 e. The molecule has 4 aliphatic carbocycles. The molecule has 0 spiro atoms. The van der Waals surface area contributed by atoms with Gasteiger partial charge in [-0.2, -0.15) is 0 Å². The highest BCUT2D eigenvalue weighted by Crippen LogP contribution is 2.49. The van der Waals surface area contributed by atoms with E-state index in [-0.39, 0.29) is 150 Å². The lowest BCUT2D eigenvalue weighted by molar-refractivity contribution is -0.142. The maximum Gasteiger partial charge on any atom is 0.253 e. The Morgan fingerprint density at radius 3 is 1.34 bits per heavy atom. The van der Waals surface area contributed by atoms with Crippen LogP contribution in [0.1, 0.15) is 232 Å². The maximum atomic E-state index is 13.8. The summed E-state index contributed by atoms with van der Waals surface area (Å²) in [4.78, 5) is 51.5. The Kier molecular flexibility index (Phi) is 26.7. The van der Waals surface area contributed by atoms with E-state index >= 15 is 0 Å². The Balaban J connectivity index is 0.000000145. The molecule has 27 heteroatoms. The number of Topliss-reactive ketones (excluding diaryl/α,β-unsaturated/α-hetero) is 3. The Hall–Kier alpha value is -6.12. The first-order valence-corrected chi connectivity index (χ1v) is 39.4. The lowest BCUT2D eigenvalue weighted by Crippen LogP contribution is -2.44. The average molecular weight is 1610 g/mol. The van der Waals surface area contributed by atoms with E-state index in [9.17, 15) is 69.6 Å². The van der Waals surface area contributed by atoms with Crippen molar-refractivity contribution in [3.63, 3.8) is 0 Å². The van der Waals surface area contributed by atoms with E-state index < -0.39 is 58.2 Å². The molecule has 0 radical (unpaired) electrons. The summed E-state index contributed by atoms with van der Waals surface area (Å²) in [6, 6.07) is 21.6. The van der Waals surface area contributed by atoms with Crippen LogP contribution >= 0.6 is 46.4 Å². The Morgan fingerprint density at radius 1 is 0.495 bits per heavy atom. The molecule has 4 N–H and O–H groups in total. The van der Waals surface area contributed by atoms with Crippen molar-refractivity contribution in [3.05, 3.63) is 163 Å². The van der Waals surface area contributed by atoms with Crippen molar-refractivity contribution in [2.45, 2.75) is 221 Å². The van der Waals surface area contributed by atoms with Crippen LogP contribution in [0.2, 0.25) is 20.1 Å². The molecular formula is C82H97Cl4F8N5O10. The molecule has 0 bridgehead atoms. The minimum absolute atomic E-state index is 0.00361. The molecule has 7 unspecified atom stereocenters. The topological polar surface area (TPSA) is 186 Å². The van der Waals surface area contributed by atoms with Crippen LogP contribution in [0.25, 0.3) is 22.1 Å². The van der Waals surface area contributed by atoms with Gasteiger partial charge in [-0.15, -0.1) is 0 Å². The van der Waals surface area contributed by atoms with Gasteiger partial charge < -0.3 is 52.4 Å². The van der Waals surface area contributed by atoms with Crippen molar-refractivity contribution in [2.24, 2.45) is 23.7 Å². The smallest absolute Gasteiger partial charge is 0.253 e. The molecule has 109 heavy (non-hydrogen) atoms. The molecule has 6 fully saturated rings. The molecule has 2 saturated heterocycles. The molecule has 14 rings (SSSR count). The Bertz CT molecular complexity index is 4540. The fourth-order valence-electron chi connectivity index (χ4n) is 16.7. The zero-order valence-electron chi connectivity index (χ0n) is 61.8. The van der Waals surface area contributed by atoms with Gasteiger partial charge in [-0.3, -0.25) is 19.2 Å². The van der Waals surface area contributed by atoms with Crippen LogP contribution in [0.15, 0.2) is 104 Å². The van der Waals surface area contributed by atoms with Crippen LogP contribution < -0.4 is 5.32 Å². The first-order valence-electron chi connectivity index (χ1n) is 37.9. The fraction of sp³-hybridized carbons (Fsp3) is 0.561. The summed E-state index contributed by atoms with van der Waals surface area (Å²) in [6.45, 7) is 8.01. The van der Waals surface area contributed by atoms with Crippen molar-refractivity contribution < 1.29 is 83.8 Å². The number of alkyl halides is 8. The van der Waals surface area contributed by atoms with Crippen molar-refractivity contribution >= 4 is 91.7 Å². The highest BCUT2D eigenvalue weighted by Gasteiger charge is 2.50. The number of ketones is 3. The van der Waals surface area contributed by atoms with Gasteiger partial charge in [-0.25, -0.2) is 35.1 Å². The molecule has 15 nitrogen and oxygen atoms in total. The Morgan fingerprint density at radius 2 is 0.899 bits per heavy atom. The number of halogens is 12. The number of ether oxygens (including phenoxy) is 3. The second-order valence-corrected chi connectivity index (χ2v) is 33.0. The average Bonchev–Trinajstić information content (AvgIpc) is 1.64. The molecule has 10 heterocycles. The van der Waals surface area contributed by atoms with E-state index in [0.29, 0.717) is 123 Å². The number of carbonyl (C=O) groups excluding carboxylic acids is 4. The van der Waals surface area contributed by atoms with Crippen LogP contribution in [0.3, 0.4) is 0 Å². The SMILES string of the molecule is CC1CC(O)(CCC(=O)c2cc(C3CCOC3)n3cccc(Cl)c23)CCC1(F)F.CC1CC(O)(CCC(=O)c2cc(C3CCOCC3)n3cccc(Cl)c23)CCC1(F)F.COCCc1cc(C(=O)CCC2(O)CCC(F)(F)C(C)C2)c2c(Cl)cccn12.O=C(NCC1CCC(F)(F)CC1)c1ccn2cccc(Cl)c12. The quantitative estimate of drug-likeness (QED) is 0.0423. The second kappa shape index (κ2) is 34.7. The molecule has 4 saturated carbocycles. The number of nitrogens with zero attached hydrogens (tertiary/aromatic N) is 4. The van der Waals surface area contributed by atoms with Gasteiger partial charge in [0.05, 0.1) is 77.7 Å². The zero-order chi connectivity index (χ0) is 78.6. The summed E-state index contributed by atoms with van der Waals surface area (Å²) < 4.78 is 133. The lowest BCUT2D eigenvalue weighted by Gasteiger charge is -2.40. The Labute approximate surface area is 649 Å². The number of methoxy groups -OCH3 is 1. The molecule has 8 aromatic rings. The van der Waals surface area contributed by atoms with Gasteiger partial charge in [-0.1, -0.05) is 67.2 Å². The predicted octanol–water partition coefficient (Wildman–Crippen LogP) is 20.0. The number of rotatable bonds is 20. The van der Waals surface area contributed by atoms with E-state index in [1.54, 1.807) is 54.1 Å². The molecule has 594 valence electrons. The molecule has 2 aliphatic heterocycles. The molecule has 7 atom stereocenters. The van der Waals surface area contributed by atoms with Gasteiger partial charge in [0.1, 0.15) is 0 Å². The van der Waals surface area contributed by atoms with Crippen molar-refractivity contribution in [2.75, 3.05) is 46.7 Å².